The van der Waals surface area contributed by atoms with Gasteiger partial charge in [-0.05, 0) is 0 Å². The zero-order chi connectivity index (χ0) is 6.95. The van der Waals surface area contributed by atoms with E-state index >= 15 is 0 Å². The van der Waals surface area contributed by atoms with Gasteiger partial charge in [0.2, 0.25) is 12.2 Å². The molecule has 0 amide bonds. The van der Waals surface area contributed by atoms with Crippen LogP contribution in [0.3, 0.4) is 0 Å². The Hall–Kier alpha value is -1.24. The van der Waals surface area contributed by atoms with E-state index in [1.807, 2.05) is 0 Å². The van der Waals surface area contributed by atoms with Crippen molar-refractivity contribution in [2.45, 2.75) is 0 Å². The number of rotatable bonds is 4. The third-order valence-corrected chi connectivity index (χ3v) is 0.570. The van der Waals surface area contributed by atoms with Gasteiger partial charge < -0.3 is 0 Å². The van der Waals surface area contributed by atoms with E-state index in [-0.39, 0.29) is 13.1 Å². The average molecular weight is 125 g/mol. The molecule has 0 aromatic heterocycles. The van der Waals surface area contributed by atoms with Crippen molar-refractivity contribution in [3.05, 3.63) is 6.42 Å². The van der Waals surface area contributed by atoms with Gasteiger partial charge in [0.1, 0.15) is 0 Å². The molecule has 0 aliphatic rings. The van der Waals surface area contributed by atoms with Crippen LogP contribution in [0.4, 0.5) is 0 Å². The van der Waals surface area contributed by atoms with Crippen LogP contribution in [0.2, 0.25) is 0 Å². The van der Waals surface area contributed by atoms with Crippen LogP contribution in [0.15, 0.2) is 9.98 Å². The quantitative estimate of drug-likeness (QED) is 0.298. The van der Waals surface area contributed by atoms with Gasteiger partial charge in [-0.3, -0.25) is 0 Å². The molecule has 4 nitrogen and oxygen atoms in total. The molecule has 0 N–H and O–H groups in total. The number of hydrogen-bond donors (Lipinski definition) is 0. The molecular formula is C5H5N2O2. The smallest absolute Gasteiger partial charge is 0.211 e. The monoisotopic (exact) mass is 125 g/mol. The number of aliphatic imine (C=N–C) groups is 2. The summed E-state index contributed by atoms with van der Waals surface area (Å²) >= 11 is 0. The van der Waals surface area contributed by atoms with Crippen LogP contribution < -0.4 is 0 Å². The van der Waals surface area contributed by atoms with Crippen molar-refractivity contribution in [1.82, 2.24) is 0 Å². The van der Waals surface area contributed by atoms with Crippen LogP contribution in [0, 0.1) is 6.42 Å². The summed E-state index contributed by atoms with van der Waals surface area (Å²) in [5.74, 6) is 0. The van der Waals surface area contributed by atoms with Gasteiger partial charge >= 0.3 is 0 Å². The van der Waals surface area contributed by atoms with Crippen LogP contribution in [-0.4, -0.2) is 25.2 Å². The molecule has 0 fully saturated rings. The first kappa shape index (κ1) is 7.76. The molecule has 47 valence electrons. The van der Waals surface area contributed by atoms with E-state index in [2.05, 4.69) is 9.98 Å². The van der Waals surface area contributed by atoms with Crippen LogP contribution in [0.1, 0.15) is 0 Å². The van der Waals surface area contributed by atoms with Crippen LogP contribution in [-0.2, 0) is 9.59 Å². The topological polar surface area (TPSA) is 58.9 Å². The Bertz CT molecular complexity index is 136. The highest BCUT2D eigenvalue weighted by molar-refractivity contribution is 5.34. The van der Waals surface area contributed by atoms with Gasteiger partial charge in [0.15, 0.2) is 0 Å². The van der Waals surface area contributed by atoms with Gasteiger partial charge in [-0.25, -0.2) is 19.6 Å². The minimum atomic E-state index is 0.259. The lowest BCUT2D eigenvalue weighted by Gasteiger charge is -1.81. The number of hydrogen-bond acceptors (Lipinski definition) is 4. The molecule has 0 aliphatic carbocycles. The highest BCUT2D eigenvalue weighted by atomic mass is 16.1. The Kier molecular flexibility index (Phi) is 5.83. The summed E-state index contributed by atoms with van der Waals surface area (Å²) in [6.45, 7) is 0.517. The summed E-state index contributed by atoms with van der Waals surface area (Å²) in [5.41, 5.74) is 0. The summed E-state index contributed by atoms with van der Waals surface area (Å²) in [6.07, 6.45) is 4.26. The second-order valence-corrected chi connectivity index (χ2v) is 1.15. The Labute approximate surface area is 52.3 Å². The molecule has 0 saturated heterocycles. The van der Waals surface area contributed by atoms with E-state index in [9.17, 15) is 9.59 Å². The van der Waals surface area contributed by atoms with Crippen molar-refractivity contribution in [1.29, 1.82) is 0 Å². The predicted molar refractivity (Wildman–Crippen MR) is 30.3 cm³/mol. The molecule has 0 rings (SSSR count). The fourth-order valence-electron chi connectivity index (χ4n) is 0.261. The Morgan fingerprint density at radius 1 is 1.11 bits per heavy atom. The standard InChI is InChI=1S/C5H5N2O2/c8-4-6-2-1-3-7-5-9/h1H,2-3H2. The number of isocyanates is 2. The Morgan fingerprint density at radius 3 is 1.89 bits per heavy atom. The van der Waals surface area contributed by atoms with Crippen molar-refractivity contribution in [3.8, 4) is 0 Å². The lowest BCUT2D eigenvalue weighted by molar-refractivity contribution is 0.563. The van der Waals surface area contributed by atoms with E-state index in [4.69, 9.17) is 0 Å². The first-order valence-electron chi connectivity index (χ1n) is 2.30. The first-order chi connectivity index (χ1) is 4.41. The Morgan fingerprint density at radius 2 is 1.56 bits per heavy atom. The highest BCUT2D eigenvalue weighted by Crippen LogP contribution is 1.76. The number of nitrogens with zero attached hydrogens (tertiary/aromatic N) is 2. The summed E-state index contributed by atoms with van der Waals surface area (Å²) in [7, 11) is 0. The average Bonchev–Trinajstić information content (AvgIpc) is 1.89. The number of carbonyl (C=O) groups excluding carboxylic acids is 2. The maximum atomic E-state index is 9.42. The summed E-state index contributed by atoms with van der Waals surface area (Å²) in [6, 6.07) is 0. The largest absolute Gasteiger partial charge is 0.234 e. The fraction of sp³-hybridized carbons (Fsp3) is 0.400. The van der Waals surface area contributed by atoms with E-state index in [0.29, 0.717) is 0 Å². The van der Waals surface area contributed by atoms with E-state index in [1.54, 1.807) is 6.42 Å². The van der Waals surface area contributed by atoms with Gasteiger partial charge in [-0.2, -0.15) is 0 Å². The first-order valence-corrected chi connectivity index (χ1v) is 2.30. The molecule has 1 radical (unpaired) electrons. The minimum Gasteiger partial charge on any atom is -0.211 e. The lowest BCUT2D eigenvalue weighted by atomic mass is 10.4. The second kappa shape index (κ2) is 6.76. The highest BCUT2D eigenvalue weighted by Gasteiger charge is 1.80. The van der Waals surface area contributed by atoms with Crippen molar-refractivity contribution in [2.24, 2.45) is 9.98 Å². The van der Waals surface area contributed by atoms with E-state index in [0.717, 1.165) is 0 Å². The van der Waals surface area contributed by atoms with Crippen LogP contribution in [0.25, 0.3) is 0 Å². The van der Waals surface area contributed by atoms with Gasteiger partial charge in [-0.1, -0.05) is 0 Å². The van der Waals surface area contributed by atoms with E-state index < -0.39 is 0 Å². The van der Waals surface area contributed by atoms with Crippen molar-refractivity contribution in [3.63, 3.8) is 0 Å². The molecule has 0 aliphatic heterocycles. The molecular weight excluding hydrogens is 120 g/mol. The minimum absolute atomic E-state index is 0.259. The Balaban J connectivity index is 3.09. The molecule has 0 aromatic carbocycles. The molecule has 9 heavy (non-hydrogen) atoms. The molecule has 0 aromatic rings. The third kappa shape index (κ3) is 6.76. The van der Waals surface area contributed by atoms with Crippen molar-refractivity contribution < 1.29 is 9.59 Å². The zero-order valence-electron chi connectivity index (χ0n) is 4.70. The molecule has 0 spiro atoms. The van der Waals surface area contributed by atoms with Gasteiger partial charge in [0.05, 0.1) is 13.1 Å². The summed E-state index contributed by atoms with van der Waals surface area (Å²) in [4.78, 5) is 25.2. The van der Waals surface area contributed by atoms with Crippen molar-refractivity contribution >= 4 is 12.2 Å². The lowest BCUT2D eigenvalue weighted by Crippen LogP contribution is -1.85. The SMILES string of the molecule is O=C=NC[CH]CN=C=O. The van der Waals surface area contributed by atoms with Gasteiger partial charge in [-0.15, -0.1) is 0 Å². The maximum absolute atomic E-state index is 9.42. The fourth-order valence-corrected chi connectivity index (χ4v) is 0.261. The van der Waals surface area contributed by atoms with Crippen molar-refractivity contribution in [2.75, 3.05) is 13.1 Å². The maximum Gasteiger partial charge on any atom is 0.234 e. The molecule has 4 heteroatoms. The van der Waals surface area contributed by atoms with Crippen LogP contribution >= 0.6 is 0 Å². The molecule has 0 bridgehead atoms. The molecule has 0 atom stereocenters. The normalized spacial score (nSPS) is 7.11. The van der Waals surface area contributed by atoms with Gasteiger partial charge in [0.25, 0.3) is 0 Å². The summed E-state index contributed by atoms with van der Waals surface area (Å²) < 4.78 is 0. The second-order valence-electron chi connectivity index (χ2n) is 1.15. The van der Waals surface area contributed by atoms with E-state index in [1.165, 1.54) is 12.2 Å². The zero-order valence-corrected chi connectivity index (χ0v) is 4.70. The molecule has 0 heterocycles. The molecule has 0 saturated carbocycles. The third-order valence-electron chi connectivity index (χ3n) is 0.570. The van der Waals surface area contributed by atoms with Gasteiger partial charge in [0, 0.05) is 6.42 Å². The predicted octanol–water partition coefficient (Wildman–Crippen LogP) is -0.138. The van der Waals surface area contributed by atoms with Crippen LogP contribution in [0.5, 0.6) is 0 Å². The summed E-state index contributed by atoms with van der Waals surface area (Å²) in [5, 5.41) is 0. The molecule has 0 unspecified atom stereocenters.